The number of rotatable bonds is 6. The zero-order valence-corrected chi connectivity index (χ0v) is 16.7. The summed E-state index contributed by atoms with van der Waals surface area (Å²) in [4.78, 5) is 14.5. The molecule has 1 N–H and O–H groups in total. The molecule has 1 amide bonds. The van der Waals surface area contributed by atoms with Crippen LogP contribution in [0.2, 0.25) is 0 Å². The van der Waals surface area contributed by atoms with Gasteiger partial charge in [-0.3, -0.25) is 4.79 Å². The van der Waals surface area contributed by atoms with Crippen LogP contribution in [0, 0.1) is 6.92 Å². The molecule has 0 saturated heterocycles. The Morgan fingerprint density at radius 2 is 1.50 bits per heavy atom. The minimum Gasteiger partial charge on any atom is -0.335 e. The molecule has 2 rings (SSSR count). The molecule has 1 atom stereocenters. The fraction of sp³-hybridized carbons (Fsp3) is 0.350. The molecule has 0 heterocycles. The van der Waals surface area contributed by atoms with E-state index < -0.39 is 10.0 Å². The normalized spacial score (nSPS) is 12.8. The minimum absolute atomic E-state index is 0.0888. The highest BCUT2D eigenvalue weighted by molar-refractivity contribution is 7.89. The molecule has 0 aliphatic heterocycles. The topological polar surface area (TPSA) is 66.5 Å². The molecule has 6 heteroatoms. The van der Waals surface area contributed by atoms with Gasteiger partial charge in [-0.15, -0.1) is 0 Å². The van der Waals surface area contributed by atoms with Crippen molar-refractivity contribution >= 4 is 15.9 Å². The highest BCUT2D eigenvalue weighted by atomic mass is 32.2. The lowest BCUT2D eigenvalue weighted by Gasteiger charge is -2.25. The Hall–Kier alpha value is -2.18. The molecule has 0 aromatic heterocycles. The van der Waals surface area contributed by atoms with E-state index >= 15 is 0 Å². The van der Waals surface area contributed by atoms with Crippen molar-refractivity contribution < 1.29 is 13.2 Å². The first-order valence-corrected chi connectivity index (χ1v) is 10.1. The SMILES string of the molecule is Cc1ccc(C(C)N(C)C(=O)c2ccc(S(=O)(=O)NC(C)C)cc2)cc1. The van der Waals surface area contributed by atoms with Gasteiger partial charge in [0.2, 0.25) is 10.0 Å². The van der Waals surface area contributed by atoms with Gasteiger partial charge >= 0.3 is 0 Å². The summed E-state index contributed by atoms with van der Waals surface area (Å²) in [5.41, 5.74) is 2.67. The highest BCUT2D eigenvalue weighted by Crippen LogP contribution is 2.22. The molecule has 26 heavy (non-hydrogen) atoms. The van der Waals surface area contributed by atoms with Crippen LogP contribution in [0.4, 0.5) is 0 Å². The summed E-state index contributed by atoms with van der Waals surface area (Å²) in [6.07, 6.45) is 0. The largest absolute Gasteiger partial charge is 0.335 e. The lowest BCUT2D eigenvalue weighted by molar-refractivity contribution is 0.0742. The van der Waals surface area contributed by atoms with Gasteiger partial charge in [0.25, 0.3) is 5.91 Å². The summed E-state index contributed by atoms with van der Waals surface area (Å²) >= 11 is 0. The number of aryl methyl sites for hydroxylation is 1. The maximum Gasteiger partial charge on any atom is 0.254 e. The van der Waals surface area contributed by atoms with Gasteiger partial charge in [-0.25, -0.2) is 13.1 Å². The molecule has 140 valence electrons. The molecule has 0 fully saturated rings. The second kappa shape index (κ2) is 8.01. The second-order valence-electron chi connectivity index (χ2n) is 6.80. The maximum absolute atomic E-state index is 12.7. The molecular formula is C20H26N2O3S. The van der Waals surface area contributed by atoms with E-state index in [1.54, 1.807) is 37.9 Å². The van der Waals surface area contributed by atoms with E-state index in [-0.39, 0.29) is 22.9 Å². The zero-order chi connectivity index (χ0) is 19.5. The van der Waals surface area contributed by atoms with Gasteiger partial charge in [0.1, 0.15) is 0 Å². The van der Waals surface area contributed by atoms with E-state index in [4.69, 9.17) is 0 Å². The van der Waals surface area contributed by atoms with E-state index in [1.807, 2.05) is 38.1 Å². The number of hydrogen-bond donors (Lipinski definition) is 1. The monoisotopic (exact) mass is 374 g/mol. The molecule has 0 aliphatic rings. The van der Waals surface area contributed by atoms with Crippen LogP contribution >= 0.6 is 0 Å². The maximum atomic E-state index is 12.7. The first-order valence-electron chi connectivity index (χ1n) is 8.58. The van der Waals surface area contributed by atoms with Crippen molar-refractivity contribution in [2.24, 2.45) is 0 Å². The third kappa shape index (κ3) is 4.71. The molecule has 0 saturated carbocycles. The third-order valence-corrected chi connectivity index (χ3v) is 5.94. The third-order valence-electron chi connectivity index (χ3n) is 4.26. The van der Waals surface area contributed by atoms with Crippen molar-refractivity contribution in [3.8, 4) is 0 Å². The van der Waals surface area contributed by atoms with Gasteiger partial charge in [-0.2, -0.15) is 0 Å². The molecule has 5 nitrogen and oxygen atoms in total. The second-order valence-corrected chi connectivity index (χ2v) is 8.52. The Kier molecular flexibility index (Phi) is 6.21. The molecule has 0 aliphatic carbocycles. The lowest BCUT2D eigenvalue weighted by atomic mass is 10.0. The number of hydrogen-bond acceptors (Lipinski definition) is 3. The van der Waals surface area contributed by atoms with Crippen LogP contribution in [0.1, 0.15) is 48.3 Å². The van der Waals surface area contributed by atoms with E-state index in [9.17, 15) is 13.2 Å². The van der Waals surface area contributed by atoms with Gasteiger partial charge in [0, 0.05) is 18.7 Å². The number of sulfonamides is 1. The average Bonchev–Trinajstić information content (AvgIpc) is 2.59. The van der Waals surface area contributed by atoms with Gasteiger partial charge in [0.05, 0.1) is 10.9 Å². The summed E-state index contributed by atoms with van der Waals surface area (Å²) in [7, 11) is -1.81. The van der Waals surface area contributed by atoms with Crippen molar-refractivity contribution in [1.29, 1.82) is 0 Å². The lowest BCUT2D eigenvalue weighted by Crippen LogP contribution is -2.31. The Morgan fingerprint density at radius 1 is 0.962 bits per heavy atom. The molecule has 0 bridgehead atoms. The fourth-order valence-corrected chi connectivity index (χ4v) is 3.85. The number of nitrogens with one attached hydrogen (secondary N) is 1. The van der Waals surface area contributed by atoms with Crippen LogP contribution in [-0.4, -0.2) is 32.3 Å². The predicted octanol–water partition coefficient (Wildman–Crippen LogP) is 3.51. The number of nitrogens with zero attached hydrogens (tertiary/aromatic N) is 1. The van der Waals surface area contributed by atoms with Crippen LogP contribution in [-0.2, 0) is 10.0 Å². The zero-order valence-electron chi connectivity index (χ0n) is 15.9. The number of amides is 1. The standard InChI is InChI=1S/C20H26N2O3S/c1-14(2)21-26(24,25)19-12-10-18(11-13-19)20(23)22(5)16(4)17-8-6-15(3)7-9-17/h6-14,16,21H,1-5H3. The van der Waals surface area contributed by atoms with Crippen LogP contribution in [0.3, 0.4) is 0 Å². The summed E-state index contributed by atoms with van der Waals surface area (Å²) in [6, 6.07) is 13.8. The first kappa shape index (κ1) is 20.1. The van der Waals surface area contributed by atoms with Gasteiger partial charge in [-0.05, 0) is 57.5 Å². The molecule has 0 spiro atoms. The molecular weight excluding hydrogens is 348 g/mol. The number of benzene rings is 2. The van der Waals surface area contributed by atoms with E-state index in [0.717, 1.165) is 5.56 Å². The van der Waals surface area contributed by atoms with Crippen LogP contribution < -0.4 is 4.72 Å². The van der Waals surface area contributed by atoms with Gasteiger partial charge < -0.3 is 4.90 Å². The quantitative estimate of drug-likeness (QED) is 0.841. The van der Waals surface area contributed by atoms with Gasteiger partial charge in [0.15, 0.2) is 0 Å². The Bertz CT molecular complexity index is 857. The summed E-state index contributed by atoms with van der Waals surface area (Å²) in [6.45, 7) is 7.51. The fourth-order valence-electron chi connectivity index (χ4n) is 2.60. The van der Waals surface area contributed by atoms with Crippen LogP contribution in [0.25, 0.3) is 0 Å². The average molecular weight is 375 g/mol. The van der Waals surface area contributed by atoms with Crippen molar-refractivity contribution in [1.82, 2.24) is 9.62 Å². The van der Waals surface area contributed by atoms with Crippen molar-refractivity contribution in [2.75, 3.05) is 7.05 Å². The predicted molar refractivity (Wildman–Crippen MR) is 104 cm³/mol. The van der Waals surface area contributed by atoms with Crippen LogP contribution in [0.15, 0.2) is 53.4 Å². The summed E-state index contributed by atoms with van der Waals surface area (Å²) in [5, 5.41) is 0. The Balaban J connectivity index is 2.17. The van der Waals surface area contributed by atoms with Crippen molar-refractivity contribution in [3.05, 3.63) is 65.2 Å². The smallest absolute Gasteiger partial charge is 0.254 e. The Labute approximate surface area is 156 Å². The molecule has 2 aromatic rings. The molecule has 0 radical (unpaired) electrons. The number of carbonyl (C=O) groups excluding carboxylic acids is 1. The Morgan fingerprint density at radius 3 is 2.00 bits per heavy atom. The van der Waals surface area contributed by atoms with Crippen LogP contribution in [0.5, 0.6) is 0 Å². The summed E-state index contributed by atoms with van der Waals surface area (Å²) in [5.74, 6) is -0.154. The molecule has 1 unspecified atom stereocenters. The van der Waals surface area contributed by atoms with E-state index in [2.05, 4.69) is 4.72 Å². The first-order chi connectivity index (χ1) is 12.1. The minimum atomic E-state index is -3.56. The van der Waals surface area contributed by atoms with Crippen molar-refractivity contribution in [3.63, 3.8) is 0 Å². The summed E-state index contributed by atoms with van der Waals surface area (Å²) < 4.78 is 26.9. The van der Waals surface area contributed by atoms with Gasteiger partial charge in [-0.1, -0.05) is 29.8 Å². The van der Waals surface area contributed by atoms with Crippen molar-refractivity contribution in [2.45, 2.75) is 44.7 Å². The van der Waals surface area contributed by atoms with E-state index in [0.29, 0.717) is 5.56 Å². The van der Waals surface area contributed by atoms with E-state index in [1.165, 1.54) is 17.7 Å². The molecule has 2 aromatic carbocycles. The number of carbonyl (C=O) groups is 1. The highest BCUT2D eigenvalue weighted by Gasteiger charge is 2.20.